The molecule has 0 fully saturated rings. The zero-order chi connectivity index (χ0) is 19.1. The highest BCUT2D eigenvalue weighted by Crippen LogP contribution is 2.34. The van der Waals surface area contributed by atoms with E-state index in [9.17, 15) is 19.7 Å². The highest BCUT2D eigenvalue weighted by Gasteiger charge is 2.24. The quantitative estimate of drug-likeness (QED) is 0.558. The zero-order valence-electron chi connectivity index (χ0n) is 14.0. The van der Waals surface area contributed by atoms with Gasteiger partial charge in [-0.3, -0.25) is 14.9 Å². The van der Waals surface area contributed by atoms with E-state index in [0.717, 1.165) is 11.1 Å². The highest BCUT2D eigenvalue weighted by molar-refractivity contribution is 5.94. The Morgan fingerprint density at radius 3 is 2.56 bits per heavy atom. The molecule has 2 aromatic carbocycles. The normalized spacial score (nSPS) is 14.4. The summed E-state index contributed by atoms with van der Waals surface area (Å²) in [5.41, 5.74) is 2.29. The molecule has 1 aliphatic carbocycles. The molecule has 0 aliphatic heterocycles. The topological polar surface area (TPSA) is 111 Å². The van der Waals surface area contributed by atoms with Crippen LogP contribution in [0.5, 0.6) is 0 Å². The van der Waals surface area contributed by atoms with E-state index in [-0.39, 0.29) is 22.1 Å². The van der Waals surface area contributed by atoms with Crippen LogP contribution in [0.3, 0.4) is 0 Å². The van der Waals surface area contributed by atoms with Crippen LogP contribution in [0.4, 0.5) is 5.69 Å². The van der Waals surface area contributed by atoms with E-state index in [1.165, 1.54) is 30.3 Å². The Morgan fingerprint density at radius 2 is 1.89 bits per heavy atom. The minimum absolute atomic E-state index is 0.00994. The number of nitrogens with zero attached hydrogens (tertiary/aromatic N) is 1. The molecule has 4 rings (SSSR count). The van der Waals surface area contributed by atoms with Crippen LogP contribution >= 0.6 is 0 Å². The van der Waals surface area contributed by atoms with Crippen molar-refractivity contribution in [2.24, 2.45) is 0 Å². The average Bonchev–Trinajstić information content (AvgIpc) is 3.05. The van der Waals surface area contributed by atoms with Crippen LogP contribution in [0, 0.1) is 10.1 Å². The smallest absolute Gasteiger partial charge is 0.335 e. The number of nitro groups is 1. The van der Waals surface area contributed by atoms with E-state index in [0.29, 0.717) is 29.7 Å². The van der Waals surface area contributed by atoms with Crippen molar-refractivity contribution in [2.75, 3.05) is 0 Å². The van der Waals surface area contributed by atoms with Crippen molar-refractivity contribution in [3.05, 3.63) is 85.3 Å². The molecule has 0 spiro atoms. The van der Waals surface area contributed by atoms with Crippen molar-refractivity contribution < 1.29 is 19.2 Å². The lowest BCUT2D eigenvalue weighted by atomic mass is 10.1. The van der Waals surface area contributed by atoms with Crippen molar-refractivity contribution in [2.45, 2.75) is 12.8 Å². The Labute approximate surface area is 152 Å². The fourth-order valence-electron chi connectivity index (χ4n) is 3.26. The van der Waals surface area contributed by atoms with Gasteiger partial charge < -0.3 is 9.52 Å². The SMILES string of the molecule is O=C(O)c1ccc2oc3c(c(=O)c2c1)CC/C3=C\c1ccc([N+](=O)[O-])cc1. The van der Waals surface area contributed by atoms with Crippen LogP contribution in [0.25, 0.3) is 22.6 Å². The molecule has 7 nitrogen and oxygen atoms in total. The Morgan fingerprint density at radius 1 is 1.15 bits per heavy atom. The maximum atomic E-state index is 12.8. The van der Waals surface area contributed by atoms with Crippen molar-refractivity contribution in [1.82, 2.24) is 0 Å². The Kier molecular flexibility index (Phi) is 3.84. The fourth-order valence-corrected chi connectivity index (χ4v) is 3.26. The summed E-state index contributed by atoms with van der Waals surface area (Å²) in [7, 11) is 0. The summed E-state index contributed by atoms with van der Waals surface area (Å²) in [6.45, 7) is 0. The van der Waals surface area contributed by atoms with Gasteiger partial charge in [-0.2, -0.15) is 0 Å². The molecule has 1 aliphatic rings. The number of rotatable bonds is 3. The molecule has 134 valence electrons. The molecule has 0 saturated carbocycles. The first kappa shape index (κ1) is 16.7. The monoisotopic (exact) mass is 363 g/mol. The number of hydrogen-bond acceptors (Lipinski definition) is 5. The molecule has 7 heteroatoms. The molecule has 27 heavy (non-hydrogen) atoms. The zero-order valence-corrected chi connectivity index (χ0v) is 14.0. The lowest BCUT2D eigenvalue weighted by Crippen LogP contribution is -2.09. The third kappa shape index (κ3) is 2.89. The second-order valence-corrected chi connectivity index (χ2v) is 6.27. The number of carboxylic acids is 1. The minimum atomic E-state index is -1.10. The molecule has 1 heterocycles. The highest BCUT2D eigenvalue weighted by atomic mass is 16.6. The Bertz CT molecular complexity index is 1190. The first-order valence-electron chi connectivity index (χ1n) is 8.22. The molecule has 0 saturated heterocycles. The first-order chi connectivity index (χ1) is 12.9. The van der Waals surface area contributed by atoms with E-state index in [1.807, 2.05) is 6.08 Å². The number of carbonyl (C=O) groups is 1. The van der Waals surface area contributed by atoms with Crippen LogP contribution in [0.1, 0.15) is 33.7 Å². The van der Waals surface area contributed by atoms with Gasteiger partial charge in [-0.25, -0.2) is 4.79 Å². The number of non-ortho nitro benzene ring substituents is 1. The van der Waals surface area contributed by atoms with E-state index in [4.69, 9.17) is 9.52 Å². The van der Waals surface area contributed by atoms with Crippen LogP contribution in [-0.2, 0) is 6.42 Å². The summed E-state index contributed by atoms with van der Waals surface area (Å²) in [5.74, 6) is -0.607. The van der Waals surface area contributed by atoms with E-state index >= 15 is 0 Å². The van der Waals surface area contributed by atoms with Crippen molar-refractivity contribution >= 4 is 34.3 Å². The van der Waals surface area contributed by atoms with Gasteiger partial charge in [0.15, 0.2) is 5.43 Å². The van der Waals surface area contributed by atoms with E-state index in [1.54, 1.807) is 12.1 Å². The number of aromatic carboxylic acids is 1. The predicted octanol–water partition coefficient (Wildman–Crippen LogP) is 3.89. The maximum Gasteiger partial charge on any atom is 0.335 e. The number of carboxylic acid groups (broad SMARTS) is 1. The molecular formula is C20H13NO6. The third-order valence-corrected chi connectivity index (χ3v) is 4.61. The molecule has 0 unspecified atom stereocenters. The molecule has 0 atom stereocenters. The molecule has 3 aromatic rings. The van der Waals surface area contributed by atoms with Gasteiger partial charge in [0.25, 0.3) is 5.69 Å². The molecular weight excluding hydrogens is 350 g/mol. The first-order valence-corrected chi connectivity index (χ1v) is 8.22. The van der Waals surface area contributed by atoms with Gasteiger partial charge in [0.05, 0.1) is 15.9 Å². The second kappa shape index (κ2) is 6.21. The maximum absolute atomic E-state index is 12.8. The van der Waals surface area contributed by atoms with E-state index < -0.39 is 10.9 Å². The van der Waals surface area contributed by atoms with Gasteiger partial charge in [0.1, 0.15) is 11.3 Å². The van der Waals surface area contributed by atoms with Crippen molar-refractivity contribution in [3.63, 3.8) is 0 Å². The Balaban J connectivity index is 1.80. The summed E-state index contributed by atoms with van der Waals surface area (Å²) < 4.78 is 5.90. The Hall–Kier alpha value is -3.74. The van der Waals surface area contributed by atoms with E-state index in [2.05, 4.69) is 0 Å². The molecule has 0 amide bonds. The molecule has 1 aromatic heterocycles. The fraction of sp³-hybridized carbons (Fsp3) is 0.100. The number of fused-ring (bicyclic) bond motifs is 2. The standard InChI is InChI=1S/C20H13NO6/c22-18-15-7-3-12(9-11-1-5-14(6-2-11)21(25)26)19(15)27-17-8-4-13(20(23)24)10-16(17)18/h1-2,4-6,8-10H,3,7H2,(H,23,24)/b12-9+. The summed E-state index contributed by atoms with van der Waals surface area (Å²) in [5, 5.41) is 20.1. The van der Waals surface area contributed by atoms with Crippen molar-refractivity contribution in [3.8, 4) is 0 Å². The second-order valence-electron chi connectivity index (χ2n) is 6.27. The van der Waals surface area contributed by atoms with Gasteiger partial charge in [-0.05, 0) is 60.4 Å². The molecule has 1 N–H and O–H groups in total. The number of nitro benzene ring substituents is 1. The van der Waals surface area contributed by atoms with Gasteiger partial charge in [-0.15, -0.1) is 0 Å². The van der Waals surface area contributed by atoms with Crippen molar-refractivity contribution in [1.29, 1.82) is 0 Å². The predicted molar refractivity (Wildman–Crippen MR) is 98.7 cm³/mol. The summed E-state index contributed by atoms with van der Waals surface area (Å²) >= 11 is 0. The number of allylic oxidation sites excluding steroid dienone is 1. The average molecular weight is 363 g/mol. The van der Waals surface area contributed by atoms with Crippen LogP contribution in [0.15, 0.2) is 51.7 Å². The van der Waals surface area contributed by atoms with Crippen LogP contribution in [0.2, 0.25) is 0 Å². The largest absolute Gasteiger partial charge is 0.478 e. The lowest BCUT2D eigenvalue weighted by molar-refractivity contribution is -0.384. The van der Waals surface area contributed by atoms with Gasteiger partial charge >= 0.3 is 5.97 Å². The third-order valence-electron chi connectivity index (χ3n) is 4.61. The molecule has 0 radical (unpaired) electrons. The van der Waals surface area contributed by atoms with Gasteiger partial charge in [0, 0.05) is 17.7 Å². The lowest BCUT2D eigenvalue weighted by Gasteiger charge is -2.05. The summed E-state index contributed by atoms with van der Waals surface area (Å²) in [6.07, 6.45) is 2.95. The van der Waals surface area contributed by atoms with Crippen LogP contribution in [-0.4, -0.2) is 16.0 Å². The summed E-state index contributed by atoms with van der Waals surface area (Å²) in [6, 6.07) is 10.3. The molecule has 0 bridgehead atoms. The number of hydrogen-bond donors (Lipinski definition) is 1. The minimum Gasteiger partial charge on any atom is -0.478 e. The summed E-state index contributed by atoms with van der Waals surface area (Å²) in [4.78, 5) is 34.2. The van der Waals surface area contributed by atoms with Gasteiger partial charge in [0.2, 0.25) is 0 Å². The number of benzene rings is 2. The van der Waals surface area contributed by atoms with Gasteiger partial charge in [-0.1, -0.05) is 0 Å². The van der Waals surface area contributed by atoms with Crippen LogP contribution < -0.4 is 5.43 Å².